The van der Waals surface area contributed by atoms with E-state index < -0.39 is 5.97 Å². The Balaban J connectivity index is 2.12. The van der Waals surface area contributed by atoms with Gasteiger partial charge in [-0.3, -0.25) is 0 Å². The number of carboxylic acid groups (broad SMARTS) is 1. The van der Waals surface area contributed by atoms with Gasteiger partial charge in [0.15, 0.2) is 5.16 Å². The van der Waals surface area contributed by atoms with Crippen LogP contribution in [0.25, 0.3) is 0 Å². The van der Waals surface area contributed by atoms with Crippen LogP contribution in [0.2, 0.25) is 0 Å². The maximum absolute atomic E-state index is 10.9. The van der Waals surface area contributed by atoms with E-state index in [0.29, 0.717) is 22.5 Å². The Kier molecular flexibility index (Phi) is 4.09. The zero-order valence-corrected chi connectivity index (χ0v) is 11.6. The molecule has 0 aliphatic heterocycles. The van der Waals surface area contributed by atoms with Crippen LogP contribution in [-0.2, 0) is 5.75 Å². The molecule has 2 rings (SSSR count). The van der Waals surface area contributed by atoms with Gasteiger partial charge in [0.05, 0.1) is 5.56 Å². The van der Waals surface area contributed by atoms with Crippen LogP contribution in [0.15, 0.2) is 29.4 Å². The fourth-order valence-electron chi connectivity index (χ4n) is 1.66. The molecular formula is C13H14N4O2S. The number of aryl methyl sites for hydroxylation is 1. The summed E-state index contributed by atoms with van der Waals surface area (Å²) >= 11 is 1.40. The van der Waals surface area contributed by atoms with Gasteiger partial charge in [-0.05, 0) is 30.2 Å². The molecule has 1 heterocycles. The fourth-order valence-corrected chi connectivity index (χ4v) is 2.61. The van der Waals surface area contributed by atoms with Crippen LogP contribution < -0.4 is 11.5 Å². The molecule has 20 heavy (non-hydrogen) atoms. The van der Waals surface area contributed by atoms with Gasteiger partial charge in [-0.25, -0.2) is 14.8 Å². The van der Waals surface area contributed by atoms with Crippen molar-refractivity contribution in [2.24, 2.45) is 0 Å². The predicted octanol–water partition coefficient (Wildman–Crippen LogP) is 1.94. The number of nitrogens with zero attached hydrogens (tertiary/aromatic N) is 2. The Morgan fingerprint density at radius 3 is 2.45 bits per heavy atom. The number of hydrogen-bond donors (Lipinski definition) is 3. The molecule has 0 aliphatic rings. The van der Waals surface area contributed by atoms with Gasteiger partial charge >= 0.3 is 5.97 Å². The second kappa shape index (κ2) is 5.79. The minimum Gasteiger partial charge on any atom is -0.478 e. The van der Waals surface area contributed by atoms with E-state index in [1.165, 1.54) is 17.8 Å². The molecule has 0 aliphatic carbocycles. The first kappa shape index (κ1) is 14.1. The average molecular weight is 290 g/mol. The maximum atomic E-state index is 10.9. The van der Waals surface area contributed by atoms with E-state index in [9.17, 15) is 4.79 Å². The van der Waals surface area contributed by atoms with Crippen LogP contribution in [-0.4, -0.2) is 21.0 Å². The van der Waals surface area contributed by atoms with Crippen molar-refractivity contribution >= 4 is 29.4 Å². The minimum absolute atomic E-state index is 0.278. The monoisotopic (exact) mass is 290 g/mol. The molecule has 0 spiro atoms. The van der Waals surface area contributed by atoms with E-state index in [0.717, 1.165) is 11.1 Å². The van der Waals surface area contributed by atoms with Gasteiger partial charge in [-0.15, -0.1) is 0 Å². The Morgan fingerprint density at radius 2 is 1.90 bits per heavy atom. The topological polar surface area (TPSA) is 115 Å². The van der Waals surface area contributed by atoms with Crippen LogP contribution in [0, 0.1) is 6.92 Å². The molecule has 0 radical (unpaired) electrons. The number of aromatic carboxylic acids is 1. The van der Waals surface area contributed by atoms with Crippen molar-refractivity contribution < 1.29 is 9.90 Å². The molecule has 0 saturated carbocycles. The highest BCUT2D eigenvalue weighted by Crippen LogP contribution is 2.23. The zero-order valence-electron chi connectivity index (χ0n) is 10.8. The van der Waals surface area contributed by atoms with Gasteiger partial charge in [0.1, 0.15) is 11.6 Å². The van der Waals surface area contributed by atoms with E-state index in [4.69, 9.17) is 16.6 Å². The quantitative estimate of drug-likeness (QED) is 0.582. The van der Waals surface area contributed by atoms with Crippen molar-refractivity contribution in [3.63, 3.8) is 0 Å². The van der Waals surface area contributed by atoms with Crippen LogP contribution in [0.4, 0.5) is 11.6 Å². The van der Waals surface area contributed by atoms with Crippen molar-refractivity contribution in [1.82, 2.24) is 9.97 Å². The number of nitrogen functional groups attached to an aromatic ring is 2. The highest BCUT2D eigenvalue weighted by molar-refractivity contribution is 7.98. The van der Waals surface area contributed by atoms with Gasteiger partial charge in [0.25, 0.3) is 0 Å². The molecule has 5 N–H and O–H groups in total. The predicted molar refractivity (Wildman–Crippen MR) is 78.6 cm³/mol. The minimum atomic E-state index is -0.931. The second-order valence-corrected chi connectivity index (χ2v) is 5.18. The first-order valence-corrected chi connectivity index (χ1v) is 6.80. The molecule has 0 saturated heterocycles. The maximum Gasteiger partial charge on any atom is 0.335 e. The molecule has 0 unspecified atom stereocenters. The lowest BCUT2D eigenvalue weighted by Crippen LogP contribution is -2.00. The van der Waals surface area contributed by atoms with Crippen LogP contribution >= 0.6 is 11.8 Å². The van der Waals surface area contributed by atoms with E-state index >= 15 is 0 Å². The lowest BCUT2D eigenvalue weighted by Gasteiger charge is -2.07. The number of benzene rings is 1. The largest absolute Gasteiger partial charge is 0.478 e. The molecule has 6 nitrogen and oxygen atoms in total. The Labute approximate surface area is 120 Å². The first-order valence-electron chi connectivity index (χ1n) is 5.81. The molecule has 104 valence electrons. The van der Waals surface area contributed by atoms with Crippen molar-refractivity contribution in [3.05, 3.63) is 41.0 Å². The standard InChI is InChI=1S/C13H14N4O2S/c1-7-4-8(12(18)19)2-3-9(7)6-20-13-16-10(14)5-11(15)17-13/h2-5H,6H2,1H3,(H,18,19)(H4,14,15,16,17). The third-order valence-electron chi connectivity index (χ3n) is 2.69. The summed E-state index contributed by atoms with van der Waals surface area (Å²) in [6, 6.07) is 6.52. The van der Waals surface area contributed by atoms with Crippen molar-refractivity contribution in [2.45, 2.75) is 17.8 Å². The van der Waals surface area contributed by atoms with Gasteiger partial charge in [-0.1, -0.05) is 17.8 Å². The normalized spacial score (nSPS) is 10.4. The Morgan fingerprint density at radius 1 is 1.25 bits per heavy atom. The van der Waals surface area contributed by atoms with Gasteiger partial charge < -0.3 is 16.6 Å². The molecule has 1 aromatic heterocycles. The van der Waals surface area contributed by atoms with Gasteiger partial charge in [0.2, 0.25) is 0 Å². The smallest absolute Gasteiger partial charge is 0.335 e. The number of rotatable bonds is 4. The second-order valence-electron chi connectivity index (χ2n) is 4.24. The lowest BCUT2D eigenvalue weighted by atomic mass is 10.1. The summed E-state index contributed by atoms with van der Waals surface area (Å²) in [7, 11) is 0. The van der Waals surface area contributed by atoms with E-state index in [2.05, 4.69) is 9.97 Å². The molecule has 0 amide bonds. The number of carbonyl (C=O) groups is 1. The molecule has 2 aromatic rings. The van der Waals surface area contributed by atoms with Crippen LogP contribution in [0.3, 0.4) is 0 Å². The molecule has 7 heteroatoms. The number of thioether (sulfide) groups is 1. The van der Waals surface area contributed by atoms with E-state index in [1.807, 2.05) is 6.92 Å². The van der Waals surface area contributed by atoms with Gasteiger partial charge in [0, 0.05) is 11.8 Å². The highest BCUT2D eigenvalue weighted by atomic mass is 32.2. The summed E-state index contributed by atoms with van der Waals surface area (Å²) in [5.41, 5.74) is 13.4. The van der Waals surface area contributed by atoms with E-state index in [-0.39, 0.29) is 5.56 Å². The van der Waals surface area contributed by atoms with Gasteiger partial charge in [-0.2, -0.15) is 0 Å². The summed E-state index contributed by atoms with van der Waals surface area (Å²) in [5.74, 6) is 0.351. The summed E-state index contributed by atoms with van der Waals surface area (Å²) in [6.07, 6.45) is 0. The van der Waals surface area contributed by atoms with E-state index in [1.54, 1.807) is 18.2 Å². The summed E-state index contributed by atoms with van der Waals surface area (Å²) in [4.78, 5) is 19.0. The lowest BCUT2D eigenvalue weighted by molar-refractivity contribution is 0.0697. The van der Waals surface area contributed by atoms with Crippen molar-refractivity contribution in [2.75, 3.05) is 11.5 Å². The zero-order chi connectivity index (χ0) is 14.7. The summed E-state index contributed by atoms with van der Waals surface area (Å²) in [5, 5.41) is 9.42. The summed E-state index contributed by atoms with van der Waals surface area (Å²) in [6.45, 7) is 1.87. The number of hydrogen-bond acceptors (Lipinski definition) is 6. The SMILES string of the molecule is Cc1cc(C(=O)O)ccc1CSc1nc(N)cc(N)n1. The number of carboxylic acids is 1. The number of anilines is 2. The first-order chi connectivity index (χ1) is 9.45. The Hall–Kier alpha value is -2.28. The molecular weight excluding hydrogens is 276 g/mol. The highest BCUT2D eigenvalue weighted by Gasteiger charge is 2.07. The average Bonchev–Trinajstić information content (AvgIpc) is 2.36. The third kappa shape index (κ3) is 3.39. The van der Waals surface area contributed by atoms with Crippen LogP contribution in [0.1, 0.15) is 21.5 Å². The van der Waals surface area contributed by atoms with Crippen molar-refractivity contribution in [1.29, 1.82) is 0 Å². The molecule has 0 atom stereocenters. The number of aromatic nitrogens is 2. The molecule has 1 aromatic carbocycles. The third-order valence-corrected chi connectivity index (χ3v) is 3.59. The summed E-state index contributed by atoms with van der Waals surface area (Å²) < 4.78 is 0. The number of nitrogens with two attached hydrogens (primary N) is 2. The molecule has 0 bridgehead atoms. The molecule has 0 fully saturated rings. The van der Waals surface area contributed by atoms with Crippen molar-refractivity contribution in [3.8, 4) is 0 Å². The fraction of sp³-hybridized carbons (Fsp3) is 0.154. The van der Waals surface area contributed by atoms with Crippen LogP contribution in [0.5, 0.6) is 0 Å². The Bertz CT molecular complexity index is 641.